The van der Waals surface area contributed by atoms with Crippen molar-refractivity contribution in [1.29, 1.82) is 0 Å². The molecule has 1 heterocycles. The van der Waals surface area contributed by atoms with E-state index in [2.05, 4.69) is 40.9 Å². The van der Waals surface area contributed by atoms with Crippen LogP contribution in [0.5, 0.6) is 5.75 Å². The Kier molecular flexibility index (Phi) is 2.74. The van der Waals surface area contributed by atoms with Crippen LogP contribution in [-0.2, 0) is 6.54 Å². The maximum absolute atomic E-state index is 5.77. The molecule has 0 spiro atoms. The number of benzene rings is 1. The van der Waals surface area contributed by atoms with Crippen molar-refractivity contribution in [3.63, 3.8) is 0 Å². The Labute approximate surface area is 91.8 Å². The van der Waals surface area contributed by atoms with Gasteiger partial charge in [-0.05, 0) is 41.6 Å². The van der Waals surface area contributed by atoms with Crippen LogP contribution < -0.4 is 10.1 Å². The summed E-state index contributed by atoms with van der Waals surface area (Å²) >= 11 is 2.35. The average molecular weight is 289 g/mol. The van der Waals surface area contributed by atoms with Crippen LogP contribution in [0.4, 0.5) is 0 Å². The second-order valence-electron chi connectivity index (χ2n) is 3.28. The summed E-state index contributed by atoms with van der Waals surface area (Å²) in [7, 11) is 0. The molecule has 70 valence electrons. The van der Waals surface area contributed by atoms with Gasteiger partial charge in [0.2, 0.25) is 0 Å². The molecular weight excluding hydrogens is 277 g/mol. The summed E-state index contributed by atoms with van der Waals surface area (Å²) in [5.41, 5.74) is 1.28. The molecule has 0 saturated carbocycles. The summed E-state index contributed by atoms with van der Waals surface area (Å²) in [6.07, 6.45) is 0.263. The number of fused-ring (bicyclic) bond motifs is 1. The van der Waals surface area contributed by atoms with Crippen LogP contribution >= 0.6 is 22.6 Å². The highest BCUT2D eigenvalue weighted by molar-refractivity contribution is 14.1. The molecule has 1 aliphatic heterocycles. The zero-order chi connectivity index (χ0) is 9.26. The van der Waals surface area contributed by atoms with E-state index in [-0.39, 0.29) is 6.10 Å². The van der Waals surface area contributed by atoms with Gasteiger partial charge in [0.15, 0.2) is 0 Å². The molecule has 1 atom stereocenters. The fourth-order valence-corrected chi connectivity index (χ4v) is 2.14. The fraction of sp³-hybridized carbons (Fsp3) is 0.400. The Hall–Kier alpha value is -0.290. The van der Waals surface area contributed by atoms with Crippen LogP contribution in [-0.4, -0.2) is 12.6 Å². The molecule has 0 amide bonds. The first kappa shape index (κ1) is 9.27. The van der Waals surface area contributed by atoms with Gasteiger partial charge in [0.05, 0.1) is 0 Å². The lowest BCUT2D eigenvalue weighted by Gasteiger charge is -2.12. The van der Waals surface area contributed by atoms with Crippen molar-refractivity contribution in [2.24, 2.45) is 0 Å². The Morgan fingerprint density at radius 2 is 2.38 bits per heavy atom. The summed E-state index contributed by atoms with van der Waals surface area (Å²) in [5, 5.41) is 3.36. The number of hydrogen-bond acceptors (Lipinski definition) is 2. The van der Waals surface area contributed by atoms with Gasteiger partial charge in [-0.3, -0.25) is 0 Å². The molecule has 1 N–H and O–H groups in total. The van der Waals surface area contributed by atoms with E-state index in [4.69, 9.17) is 4.74 Å². The highest BCUT2D eigenvalue weighted by atomic mass is 127. The van der Waals surface area contributed by atoms with E-state index < -0.39 is 0 Å². The molecular formula is C10H12INO. The first-order chi connectivity index (χ1) is 6.27. The Morgan fingerprint density at radius 3 is 3.23 bits per heavy atom. The van der Waals surface area contributed by atoms with E-state index in [0.717, 1.165) is 18.8 Å². The lowest BCUT2D eigenvalue weighted by Crippen LogP contribution is -2.25. The standard InChI is InChI=1S/C10H12INO/c1-7-5-12-6-8-9(11)3-2-4-10(8)13-7/h2-4,7,12H,5-6H2,1H3/t7-/m1/s1. The van der Waals surface area contributed by atoms with Crippen molar-refractivity contribution in [2.75, 3.05) is 6.54 Å². The van der Waals surface area contributed by atoms with Gasteiger partial charge in [0, 0.05) is 22.2 Å². The van der Waals surface area contributed by atoms with Crippen molar-refractivity contribution in [2.45, 2.75) is 19.6 Å². The second-order valence-corrected chi connectivity index (χ2v) is 4.44. The van der Waals surface area contributed by atoms with Gasteiger partial charge >= 0.3 is 0 Å². The lowest BCUT2D eigenvalue weighted by atomic mass is 10.2. The summed E-state index contributed by atoms with van der Waals surface area (Å²) < 4.78 is 7.05. The first-order valence-electron chi connectivity index (χ1n) is 4.42. The van der Waals surface area contributed by atoms with Crippen LogP contribution in [0.2, 0.25) is 0 Å². The van der Waals surface area contributed by atoms with Crippen molar-refractivity contribution >= 4 is 22.6 Å². The van der Waals surface area contributed by atoms with Crippen molar-refractivity contribution in [3.8, 4) is 5.75 Å². The molecule has 1 aliphatic rings. The lowest BCUT2D eigenvalue weighted by molar-refractivity contribution is 0.226. The minimum Gasteiger partial charge on any atom is -0.489 e. The zero-order valence-electron chi connectivity index (χ0n) is 7.51. The number of halogens is 1. The molecule has 0 aromatic heterocycles. The summed E-state index contributed by atoms with van der Waals surface area (Å²) in [6.45, 7) is 3.92. The molecule has 2 rings (SSSR count). The molecule has 13 heavy (non-hydrogen) atoms. The van der Waals surface area contributed by atoms with Gasteiger partial charge < -0.3 is 10.1 Å². The van der Waals surface area contributed by atoms with Gasteiger partial charge in [-0.25, -0.2) is 0 Å². The quantitative estimate of drug-likeness (QED) is 0.739. The maximum Gasteiger partial charge on any atom is 0.125 e. The molecule has 1 aromatic carbocycles. The van der Waals surface area contributed by atoms with E-state index in [0.29, 0.717) is 0 Å². The molecule has 0 fully saturated rings. The van der Waals surface area contributed by atoms with Crippen molar-refractivity contribution in [1.82, 2.24) is 5.32 Å². The zero-order valence-corrected chi connectivity index (χ0v) is 9.67. The predicted octanol–water partition coefficient (Wildman–Crippen LogP) is 2.16. The molecule has 0 bridgehead atoms. The van der Waals surface area contributed by atoms with Crippen LogP contribution in [0.1, 0.15) is 12.5 Å². The van der Waals surface area contributed by atoms with Gasteiger partial charge in [-0.2, -0.15) is 0 Å². The maximum atomic E-state index is 5.77. The highest BCUT2D eigenvalue weighted by Gasteiger charge is 2.14. The van der Waals surface area contributed by atoms with Crippen LogP contribution in [0, 0.1) is 3.57 Å². The Morgan fingerprint density at radius 1 is 1.54 bits per heavy atom. The second kappa shape index (κ2) is 3.84. The normalized spacial score (nSPS) is 21.5. The molecule has 3 heteroatoms. The average Bonchev–Trinajstić information content (AvgIpc) is 2.27. The van der Waals surface area contributed by atoms with E-state index in [1.807, 2.05) is 12.1 Å². The summed E-state index contributed by atoms with van der Waals surface area (Å²) in [6, 6.07) is 6.19. The predicted molar refractivity (Wildman–Crippen MR) is 61.0 cm³/mol. The van der Waals surface area contributed by atoms with Gasteiger partial charge in [-0.15, -0.1) is 0 Å². The smallest absolute Gasteiger partial charge is 0.125 e. The SMILES string of the molecule is C[C@@H]1CNCc2c(I)cccc2O1. The first-order valence-corrected chi connectivity index (χ1v) is 5.50. The molecule has 0 radical (unpaired) electrons. The topological polar surface area (TPSA) is 21.3 Å². The third-order valence-corrected chi connectivity index (χ3v) is 3.15. The van der Waals surface area contributed by atoms with Gasteiger partial charge in [0.25, 0.3) is 0 Å². The molecule has 2 nitrogen and oxygen atoms in total. The van der Waals surface area contributed by atoms with Gasteiger partial charge in [0.1, 0.15) is 11.9 Å². The minimum atomic E-state index is 0.263. The van der Waals surface area contributed by atoms with E-state index in [9.17, 15) is 0 Å². The summed E-state index contributed by atoms with van der Waals surface area (Å²) in [4.78, 5) is 0. The van der Waals surface area contributed by atoms with Gasteiger partial charge in [-0.1, -0.05) is 6.07 Å². The van der Waals surface area contributed by atoms with Crippen molar-refractivity contribution in [3.05, 3.63) is 27.3 Å². The third-order valence-electron chi connectivity index (χ3n) is 2.14. The molecule has 0 unspecified atom stereocenters. The van der Waals surface area contributed by atoms with E-state index >= 15 is 0 Å². The van der Waals surface area contributed by atoms with Crippen molar-refractivity contribution < 1.29 is 4.74 Å². The largest absolute Gasteiger partial charge is 0.489 e. The highest BCUT2D eigenvalue weighted by Crippen LogP contribution is 2.26. The number of nitrogens with one attached hydrogen (secondary N) is 1. The number of ether oxygens (including phenoxy) is 1. The third kappa shape index (κ3) is 1.96. The molecule has 0 saturated heterocycles. The number of rotatable bonds is 0. The fourth-order valence-electron chi connectivity index (χ4n) is 1.48. The summed E-state index contributed by atoms with van der Waals surface area (Å²) in [5.74, 6) is 1.03. The molecule has 1 aromatic rings. The Balaban J connectivity index is 2.39. The monoisotopic (exact) mass is 289 g/mol. The van der Waals surface area contributed by atoms with Crippen LogP contribution in [0.15, 0.2) is 18.2 Å². The van der Waals surface area contributed by atoms with E-state index in [1.54, 1.807) is 0 Å². The van der Waals surface area contributed by atoms with E-state index in [1.165, 1.54) is 9.13 Å². The molecule has 0 aliphatic carbocycles. The van der Waals surface area contributed by atoms with Crippen LogP contribution in [0.3, 0.4) is 0 Å². The minimum absolute atomic E-state index is 0.263. The van der Waals surface area contributed by atoms with Crippen LogP contribution in [0.25, 0.3) is 0 Å². The number of hydrogen-bond donors (Lipinski definition) is 1. The Bertz CT molecular complexity index is 314.